The van der Waals surface area contributed by atoms with Crippen LogP contribution in [-0.2, 0) is 6.54 Å². The first kappa shape index (κ1) is 13.2. The van der Waals surface area contributed by atoms with E-state index in [-0.39, 0.29) is 0 Å². The molecule has 102 valence electrons. The van der Waals surface area contributed by atoms with Gasteiger partial charge in [0.05, 0.1) is 11.0 Å². The normalized spacial score (nSPS) is 10.9. The first-order chi connectivity index (χ1) is 9.74. The molecular weight excluding hydrogens is 314 g/mol. The quantitative estimate of drug-likeness (QED) is 0.765. The second-order valence-corrected chi connectivity index (χ2v) is 5.52. The summed E-state index contributed by atoms with van der Waals surface area (Å²) in [5.74, 6) is 1.01. The van der Waals surface area contributed by atoms with Gasteiger partial charge in [0, 0.05) is 29.3 Å². The molecule has 0 amide bonds. The molecule has 2 aromatic carbocycles. The van der Waals surface area contributed by atoms with Crippen LogP contribution >= 0.6 is 15.9 Å². The van der Waals surface area contributed by atoms with Crippen LogP contribution in [0.2, 0.25) is 0 Å². The molecule has 0 bridgehead atoms. The van der Waals surface area contributed by atoms with E-state index >= 15 is 0 Å². The highest BCUT2D eigenvalue weighted by atomic mass is 79.9. The fourth-order valence-electron chi connectivity index (χ4n) is 2.52. The molecule has 0 saturated heterocycles. The lowest BCUT2D eigenvalue weighted by molar-refractivity contribution is 0.796. The Morgan fingerprint density at radius 2 is 2.00 bits per heavy atom. The van der Waals surface area contributed by atoms with Crippen molar-refractivity contribution in [2.45, 2.75) is 13.5 Å². The van der Waals surface area contributed by atoms with Gasteiger partial charge in [0.15, 0.2) is 0 Å². The van der Waals surface area contributed by atoms with E-state index in [9.17, 15) is 0 Å². The van der Waals surface area contributed by atoms with Gasteiger partial charge < -0.3 is 9.88 Å². The number of anilines is 1. The van der Waals surface area contributed by atoms with Gasteiger partial charge in [-0.25, -0.2) is 4.98 Å². The number of aryl methyl sites for hydroxylation is 1. The van der Waals surface area contributed by atoms with Crippen molar-refractivity contribution in [3.63, 3.8) is 0 Å². The van der Waals surface area contributed by atoms with Crippen LogP contribution in [0.15, 0.2) is 46.9 Å². The lowest BCUT2D eigenvalue weighted by Gasteiger charge is -2.10. The highest BCUT2D eigenvalue weighted by Gasteiger charge is 2.14. The first-order valence-corrected chi connectivity index (χ1v) is 7.47. The Bertz CT molecular complexity index is 762. The molecule has 0 fully saturated rings. The number of para-hydroxylation sites is 1. The Balaban J connectivity index is 2.30. The van der Waals surface area contributed by atoms with Crippen molar-refractivity contribution in [2.75, 3.05) is 12.4 Å². The molecule has 1 N–H and O–H groups in total. The summed E-state index contributed by atoms with van der Waals surface area (Å²) in [6.45, 7) is 3.04. The zero-order chi connectivity index (χ0) is 14.1. The van der Waals surface area contributed by atoms with E-state index in [2.05, 4.69) is 63.1 Å². The number of benzene rings is 2. The Kier molecular flexibility index (Phi) is 3.49. The number of hydrogen-bond acceptors (Lipinski definition) is 2. The minimum atomic E-state index is 0.894. The van der Waals surface area contributed by atoms with Crippen LogP contribution in [0.3, 0.4) is 0 Å². The second kappa shape index (κ2) is 5.29. The number of aromatic nitrogens is 2. The van der Waals surface area contributed by atoms with Gasteiger partial charge in [-0.3, -0.25) is 0 Å². The van der Waals surface area contributed by atoms with Crippen LogP contribution < -0.4 is 5.32 Å². The van der Waals surface area contributed by atoms with Crippen molar-refractivity contribution >= 4 is 32.7 Å². The van der Waals surface area contributed by atoms with Crippen LogP contribution in [0.5, 0.6) is 0 Å². The summed E-state index contributed by atoms with van der Waals surface area (Å²) in [5.41, 5.74) is 4.40. The summed E-state index contributed by atoms with van der Waals surface area (Å²) in [6, 6.07) is 14.5. The SMILES string of the molecule is CCn1c(-c2ccccc2NC)nc2cc(Br)ccc21. The van der Waals surface area contributed by atoms with Crippen LogP contribution in [0, 0.1) is 0 Å². The summed E-state index contributed by atoms with van der Waals surface area (Å²) in [6.07, 6.45) is 0. The van der Waals surface area contributed by atoms with Gasteiger partial charge in [0.1, 0.15) is 5.82 Å². The number of imidazole rings is 1. The minimum Gasteiger partial charge on any atom is -0.388 e. The molecule has 1 heterocycles. The molecule has 0 atom stereocenters. The molecule has 1 aromatic heterocycles. The van der Waals surface area contributed by atoms with Crippen LogP contribution in [0.25, 0.3) is 22.4 Å². The van der Waals surface area contributed by atoms with Gasteiger partial charge in [0.25, 0.3) is 0 Å². The van der Waals surface area contributed by atoms with Crippen molar-refractivity contribution in [1.82, 2.24) is 9.55 Å². The smallest absolute Gasteiger partial charge is 0.143 e. The minimum absolute atomic E-state index is 0.894. The summed E-state index contributed by atoms with van der Waals surface area (Å²) < 4.78 is 3.30. The molecule has 0 radical (unpaired) electrons. The van der Waals surface area contributed by atoms with Gasteiger partial charge in [0.2, 0.25) is 0 Å². The predicted octanol–water partition coefficient (Wildman–Crippen LogP) is 4.53. The zero-order valence-corrected chi connectivity index (χ0v) is 13.1. The van der Waals surface area contributed by atoms with Gasteiger partial charge in [-0.2, -0.15) is 0 Å². The van der Waals surface area contributed by atoms with E-state index in [0.29, 0.717) is 0 Å². The van der Waals surface area contributed by atoms with E-state index in [1.165, 1.54) is 0 Å². The molecular formula is C16H16BrN3. The first-order valence-electron chi connectivity index (χ1n) is 6.67. The lowest BCUT2D eigenvalue weighted by atomic mass is 10.1. The number of rotatable bonds is 3. The Morgan fingerprint density at radius 3 is 2.75 bits per heavy atom. The van der Waals surface area contributed by atoms with Crippen molar-refractivity contribution in [2.24, 2.45) is 0 Å². The fourth-order valence-corrected chi connectivity index (χ4v) is 2.87. The highest BCUT2D eigenvalue weighted by molar-refractivity contribution is 9.10. The number of hydrogen-bond donors (Lipinski definition) is 1. The van der Waals surface area contributed by atoms with E-state index in [1.54, 1.807) is 0 Å². The van der Waals surface area contributed by atoms with E-state index in [1.807, 2.05) is 19.2 Å². The van der Waals surface area contributed by atoms with E-state index < -0.39 is 0 Å². The molecule has 3 rings (SSSR count). The molecule has 0 aliphatic heterocycles. The summed E-state index contributed by atoms with van der Waals surface area (Å²) in [4.78, 5) is 4.82. The molecule has 3 nitrogen and oxygen atoms in total. The van der Waals surface area contributed by atoms with E-state index in [0.717, 1.165) is 39.1 Å². The maximum Gasteiger partial charge on any atom is 0.143 e. The Labute approximate surface area is 126 Å². The van der Waals surface area contributed by atoms with Crippen molar-refractivity contribution in [1.29, 1.82) is 0 Å². The fraction of sp³-hybridized carbons (Fsp3) is 0.188. The van der Waals surface area contributed by atoms with Crippen molar-refractivity contribution < 1.29 is 0 Å². The highest BCUT2D eigenvalue weighted by Crippen LogP contribution is 2.31. The molecule has 0 saturated carbocycles. The van der Waals surface area contributed by atoms with Gasteiger partial charge in [-0.15, -0.1) is 0 Å². The molecule has 0 unspecified atom stereocenters. The maximum atomic E-state index is 4.82. The average molecular weight is 330 g/mol. The van der Waals surface area contributed by atoms with Crippen molar-refractivity contribution in [3.8, 4) is 11.4 Å². The van der Waals surface area contributed by atoms with Gasteiger partial charge in [-0.1, -0.05) is 28.1 Å². The third-order valence-electron chi connectivity index (χ3n) is 3.46. The topological polar surface area (TPSA) is 29.9 Å². The van der Waals surface area contributed by atoms with Gasteiger partial charge >= 0.3 is 0 Å². The molecule has 4 heteroatoms. The standard InChI is InChI=1S/C16H16BrN3/c1-3-20-15-9-8-11(17)10-14(15)19-16(20)12-6-4-5-7-13(12)18-2/h4-10,18H,3H2,1-2H3. The Morgan fingerprint density at radius 1 is 1.20 bits per heavy atom. The lowest BCUT2D eigenvalue weighted by Crippen LogP contribution is -2.00. The van der Waals surface area contributed by atoms with Gasteiger partial charge in [-0.05, 0) is 37.3 Å². The maximum absolute atomic E-state index is 4.82. The molecule has 0 aliphatic rings. The second-order valence-electron chi connectivity index (χ2n) is 4.61. The summed E-state index contributed by atoms with van der Waals surface area (Å²) in [5, 5.41) is 3.24. The molecule has 0 spiro atoms. The average Bonchev–Trinajstić information content (AvgIpc) is 2.84. The monoisotopic (exact) mass is 329 g/mol. The Hall–Kier alpha value is -1.81. The number of fused-ring (bicyclic) bond motifs is 1. The largest absolute Gasteiger partial charge is 0.388 e. The predicted molar refractivity (Wildman–Crippen MR) is 88.1 cm³/mol. The molecule has 3 aromatic rings. The number of nitrogens with one attached hydrogen (secondary N) is 1. The van der Waals surface area contributed by atoms with E-state index in [4.69, 9.17) is 4.98 Å². The summed E-state index contributed by atoms with van der Waals surface area (Å²) >= 11 is 3.51. The summed E-state index contributed by atoms with van der Waals surface area (Å²) in [7, 11) is 1.94. The van der Waals surface area contributed by atoms with Crippen LogP contribution in [0.4, 0.5) is 5.69 Å². The number of nitrogens with zero attached hydrogens (tertiary/aromatic N) is 2. The third-order valence-corrected chi connectivity index (χ3v) is 3.96. The molecule has 0 aliphatic carbocycles. The zero-order valence-electron chi connectivity index (χ0n) is 11.5. The van der Waals surface area contributed by atoms with Crippen LogP contribution in [0.1, 0.15) is 6.92 Å². The third kappa shape index (κ3) is 2.10. The van der Waals surface area contributed by atoms with Crippen molar-refractivity contribution in [3.05, 3.63) is 46.9 Å². The van der Waals surface area contributed by atoms with Crippen LogP contribution in [-0.4, -0.2) is 16.6 Å². The molecule has 20 heavy (non-hydrogen) atoms. The number of halogens is 1.